The number of nitrogen functional groups attached to an aromatic ring is 1. The van der Waals surface area contributed by atoms with Crippen LogP contribution in [0.3, 0.4) is 0 Å². The third kappa shape index (κ3) is 2.51. The largest absolute Gasteiger partial charge is 0.481 e. The standard InChI is InChI=1S/C15H15NO2/c1-10-12(9-15(17)18)7-13(8-14(10)16)11-5-3-2-4-6-11/h2-8H,9,16H2,1H3,(H,17,18). The lowest BCUT2D eigenvalue weighted by atomic mass is 9.96. The van der Waals surface area contributed by atoms with E-state index < -0.39 is 5.97 Å². The van der Waals surface area contributed by atoms with Crippen molar-refractivity contribution in [2.75, 3.05) is 5.73 Å². The Morgan fingerprint density at radius 2 is 1.83 bits per heavy atom. The van der Waals surface area contributed by atoms with Gasteiger partial charge in [-0.15, -0.1) is 0 Å². The first-order chi connectivity index (χ1) is 8.58. The van der Waals surface area contributed by atoms with Gasteiger partial charge in [0.2, 0.25) is 0 Å². The Morgan fingerprint density at radius 3 is 2.44 bits per heavy atom. The molecule has 18 heavy (non-hydrogen) atoms. The zero-order chi connectivity index (χ0) is 13.1. The summed E-state index contributed by atoms with van der Waals surface area (Å²) in [6.45, 7) is 1.85. The highest BCUT2D eigenvalue weighted by atomic mass is 16.4. The molecule has 2 aromatic rings. The molecule has 0 saturated carbocycles. The molecule has 0 aliphatic heterocycles. The number of aliphatic carboxylic acids is 1. The Hall–Kier alpha value is -2.29. The third-order valence-electron chi connectivity index (χ3n) is 3.00. The highest BCUT2D eigenvalue weighted by molar-refractivity contribution is 5.76. The minimum absolute atomic E-state index is 0.00327. The Kier molecular flexibility index (Phi) is 3.33. The van der Waals surface area contributed by atoms with Crippen LogP contribution in [0.5, 0.6) is 0 Å². The lowest BCUT2D eigenvalue weighted by Gasteiger charge is -2.10. The molecule has 2 aromatic carbocycles. The Balaban J connectivity index is 2.51. The molecule has 0 atom stereocenters. The number of anilines is 1. The summed E-state index contributed by atoms with van der Waals surface area (Å²) < 4.78 is 0. The van der Waals surface area contributed by atoms with Crippen molar-refractivity contribution < 1.29 is 9.90 Å². The smallest absolute Gasteiger partial charge is 0.307 e. The zero-order valence-corrected chi connectivity index (χ0v) is 10.2. The van der Waals surface area contributed by atoms with Gasteiger partial charge in [-0.3, -0.25) is 4.79 Å². The minimum atomic E-state index is -0.845. The van der Waals surface area contributed by atoms with E-state index in [4.69, 9.17) is 10.8 Å². The van der Waals surface area contributed by atoms with E-state index in [-0.39, 0.29) is 6.42 Å². The second-order valence-electron chi connectivity index (χ2n) is 4.29. The molecule has 92 valence electrons. The van der Waals surface area contributed by atoms with Crippen molar-refractivity contribution in [3.63, 3.8) is 0 Å². The molecule has 0 aliphatic carbocycles. The van der Waals surface area contributed by atoms with Crippen LogP contribution in [-0.4, -0.2) is 11.1 Å². The fourth-order valence-corrected chi connectivity index (χ4v) is 1.94. The first kappa shape index (κ1) is 12.2. The van der Waals surface area contributed by atoms with Crippen LogP contribution in [0.1, 0.15) is 11.1 Å². The highest BCUT2D eigenvalue weighted by Gasteiger charge is 2.09. The first-order valence-corrected chi connectivity index (χ1v) is 5.74. The topological polar surface area (TPSA) is 63.3 Å². The van der Waals surface area contributed by atoms with Crippen molar-refractivity contribution in [3.05, 3.63) is 53.6 Å². The van der Waals surface area contributed by atoms with E-state index in [0.717, 1.165) is 22.3 Å². The van der Waals surface area contributed by atoms with Gasteiger partial charge in [-0.05, 0) is 35.2 Å². The summed E-state index contributed by atoms with van der Waals surface area (Å²) in [5, 5.41) is 8.90. The van der Waals surface area contributed by atoms with Crippen molar-refractivity contribution in [3.8, 4) is 11.1 Å². The molecule has 3 N–H and O–H groups in total. The van der Waals surface area contributed by atoms with Gasteiger partial charge in [0.15, 0.2) is 0 Å². The van der Waals surface area contributed by atoms with Gasteiger partial charge in [0.25, 0.3) is 0 Å². The highest BCUT2D eigenvalue weighted by Crippen LogP contribution is 2.27. The average molecular weight is 241 g/mol. The van der Waals surface area contributed by atoms with Crippen LogP contribution < -0.4 is 5.73 Å². The van der Waals surface area contributed by atoms with Crippen LogP contribution in [0.2, 0.25) is 0 Å². The van der Waals surface area contributed by atoms with E-state index in [1.165, 1.54) is 0 Å². The predicted octanol–water partition coefficient (Wildman–Crippen LogP) is 2.87. The van der Waals surface area contributed by atoms with Gasteiger partial charge in [0.1, 0.15) is 0 Å². The SMILES string of the molecule is Cc1c(N)cc(-c2ccccc2)cc1CC(=O)O. The summed E-state index contributed by atoms with van der Waals surface area (Å²) in [7, 11) is 0. The summed E-state index contributed by atoms with van der Waals surface area (Å²) in [6, 6.07) is 13.6. The van der Waals surface area contributed by atoms with Crippen LogP contribution in [0.25, 0.3) is 11.1 Å². The van der Waals surface area contributed by atoms with Gasteiger partial charge < -0.3 is 10.8 Å². The zero-order valence-electron chi connectivity index (χ0n) is 10.2. The molecule has 2 rings (SSSR count). The Bertz CT molecular complexity index is 577. The van der Waals surface area contributed by atoms with Crippen molar-refractivity contribution in [2.45, 2.75) is 13.3 Å². The lowest BCUT2D eigenvalue weighted by molar-refractivity contribution is -0.136. The Morgan fingerprint density at radius 1 is 1.17 bits per heavy atom. The molecule has 0 amide bonds. The maximum atomic E-state index is 10.8. The van der Waals surface area contributed by atoms with Crippen LogP contribution in [0.15, 0.2) is 42.5 Å². The van der Waals surface area contributed by atoms with Gasteiger partial charge in [0, 0.05) is 5.69 Å². The van der Waals surface area contributed by atoms with E-state index in [0.29, 0.717) is 5.69 Å². The number of carboxylic acid groups (broad SMARTS) is 1. The summed E-state index contributed by atoms with van der Waals surface area (Å²) >= 11 is 0. The number of benzene rings is 2. The van der Waals surface area contributed by atoms with Gasteiger partial charge in [0.05, 0.1) is 6.42 Å². The minimum Gasteiger partial charge on any atom is -0.481 e. The molecule has 0 spiro atoms. The predicted molar refractivity (Wildman–Crippen MR) is 72.4 cm³/mol. The van der Waals surface area contributed by atoms with Crippen molar-refractivity contribution >= 4 is 11.7 Å². The quantitative estimate of drug-likeness (QED) is 0.812. The number of hydrogen-bond acceptors (Lipinski definition) is 2. The van der Waals surface area contributed by atoms with Gasteiger partial charge in [-0.25, -0.2) is 0 Å². The molecule has 0 fully saturated rings. The number of carboxylic acids is 1. The Labute approximate surface area is 106 Å². The second kappa shape index (κ2) is 4.92. The number of nitrogens with two attached hydrogens (primary N) is 1. The van der Waals surface area contributed by atoms with Crippen LogP contribution >= 0.6 is 0 Å². The van der Waals surface area contributed by atoms with Crippen molar-refractivity contribution in [1.82, 2.24) is 0 Å². The van der Waals surface area contributed by atoms with E-state index in [2.05, 4.69) is 0 Å². The lowest BCUT2D eigenvalue weighted by Crippen LogP contribution is -2.04. The summed E-state index contributed by atoms with van der Waals surface area (Å²) in [5.74, 6) is -0.845. The maximum Gasteiger partial charge on any atom is 0.307 e. The van der Waals surface area contributed by atoms with Gasteiger partial charge in [-0.2, -0.15) is 0 Å². The summed E-state index contributed by atoms with van der Waals surface area (Å²) in [6.07, 6.45) is -0.00327. The summed E-state index contributed by atoms with van der Waals surface area (Å²) in [5.41, 5.74) is 10.2. The molecule has 0 unspecified atom stereocenters. The normalized spacial score (nSPS) is 10.3. The first-order valence-electron chi connectivity index (χ1n) is 5.74. The van der Waals surface area contributed by atoms with Crippen LogP contribution in [0, 0.1) is 6.92 Å². The summed E-state index contributed by atoms with van der Waals surface area (Å²) in [4.78, 5) is 10.8. The molecule has 0 radical (unpaired) electrons. The molecular formula is C15H15NO2. The van der Waals surface area contributed by atoms with Gasteiger partial charge in [-0.1, -0.05) is 36.4 Å². The average Bonchev–Trinajstić information content (AvgIpc) is 2.35. The van der Waals surface area contributed by atoms with E-state index in [1.807, 2.05) is 49.4 Å². The number of rotatable bonds is 3. The molecule has 3 nitrogen and oxygen atoms in total. The fraction of sp³-hybridized carbons (Fsp3) is 0.133. The molecule has 0 saturated heterocycles. The van der Waals surface area contributed by atoms with E-state index >= 15 is 0 Å². The number of carbonyl (C=O) groups is 1. The molecule has 0 bridgehead atoms. The van der Waals surface area contributed by atoms with E-state index in [1.54, 1.807) is 0 Å². The molecule has 0 aliphatic rings. The van der Waals surface area contributed by atoms with Crippen LogP contribution in [0.4, 0.5) is 5.69 Å². The van der Waals surface area contributed by atoms with Gasteiger partial charge >= 0.3 is 5.97 Å². The third-order valence-corrected chi connectivity index (χ3v) is 3.00. The number of hydrogen-bond donors (Lipinski definition) is 2. The monoisotopic (exact) mass is 241 g/mol. The van der Waals surface area contributed by atoms with Crippen LogP contribution in [-0.2, 0) is 11.2 Å². The van der Waals surface area contributed by atoms with Crippen molar-refractivity contribution in [2.24, 2.45) is 0 Å². The molecule has 3 heteroatoms. The maximum absolute atomic E-state index is 10.8. The second-order valence-corrected chi connectivity index (χ2v) is 4.29. The van der Waals surface area contributed by atoms with E-state index in [9.17, 15) is 4.79 Å². The van der Waals surface area contributed by atoms with Crippen molar-refractivity contribution in [1.29, 1.82) is 0 Å². The molecular weight excluding hydrogens is 226 g/mol. The fourth-order valence-electron chi connectivity index (χ4n) is 1.94. The molecule has 0 heterocycles. The molecule has 0 aromatic heterocycles.